The average molecular weight is 312 g/mol. The second-order valence-electron chi connectivity index (χ2n) is 7.40. The van der Waals surface area contributed by atoms with Crippen molar-refractivity contribution >= 4 is 11.8 Å². The highest BCUT2D eigenvalue weighted by atomic mass is 16.5. The summed E-state index contributed by atoms with van der Waals surface area (Å²) in [5.74, 6) is 0.123. The van der Waals surface area contributed by atoms with E-state index in [4.69, 9.17) is 4.74 Å². The van der Waals surface area contributed by atoms with Crippen molar-refractivity contribution in [2.24, 2.45) is 11.3 Å². The molecule has 1 heterocycles. The van der Waals surface area contributed by atoms with E-state index in [-0.39, 0.29) is 29.3 Å². The lowest BCUT2D eigenvalue weighted by Crippen LogP contribution is -2.48. The van der Waals surface area contributed by atoms with Gasteiger partial charge in [-0.15, -0.1) is 0 Å². The van der Waals surface area contributed by atoms with Gasteiger partial charge >= 0.3 is 0 Å². The summed E-state index contributed by atoms with van der Waals surface area (Å²) >= 11 is 0. The van der Waals surface area contributed by atoms with E-state index in [1.165, 1.54) is 0 Å². The summed E-state index contributed by atoms with van der Waals surface area (Å²) in [6.07, 6.45) is 2.81. The molecule has 0 bridgehead atoms. The van der Waals surface area contributed by atoms with Crippen LogP contribution < -0.4 is 5.32 Å². The fourth-order valence-corrected chi connectivity index (χ4v) is 2.60. The zero-order chi connectivity index (χ0) is 16.8. The number of carbonyl (C=O) groups excluding carboxylic acids is 2. The molecule has 0 aromatic carbocycles. The summed E-state index contributed by atoms with van der Waals surface area (Å²) in [4.78, 5) is 26.4. The predicted octanol–water partition coefficient (Wildman–Crippen LogP) is 2.20. The van der Waals surface area contributed by atoms with Crippen LogP contribution in [0, 0.1) is 11.3 Å². The number of carbonyl (C=O) groups is 2. The van der Waals surface area contributed by atoms with Crippen molar-refractivity contribution in [3.8, 4) is 0 Å². The van der Waals surface area contributed by atoms with Crippen molar-refractivity contribution < 1.29 is 14.3 Å². The molecule has 5 heteroatoms. The molecule has 2 amide bonds. The molecule has 1 saturated heterocycles. The fourth-order valence-electron chi connectivity index (χ4n) is 2.60. The molecule has 1 N–H and O–H groups in total. The monoisotopic (exact) mass is 312 g/mol. The van der Waals surface area contributed by atoms with Gasteiger partial charge in [-0.05, 0) is 33.1 Å². The molecule has 1 rings (SSSR count). The van der Waals surface area contributed by atoms with E-state index in [9.17, 15) is 9.59 Å². The highest BCUT2D eigenvalue weighted by Crippen LogP contribution is 2.23. The van der Waals surface area contributed by atoms with E-state index >= 15 is 0 Å². The number of amides is 2. The van der Waals surface area contributed by atoms with Gasteiger partial charge in [-0.2, -0.15) is 0 Å². The van der Waals surface area contributed by atoms with E-state index < -0.39 is 0 Å². The Morgan fingerprint density at radius 1 is 1.32 bits per heavy atom. The molecule has 0 aromatic rings. The fraction of sp³-hybridized carbons (Fsp3) is 0.882. The summed E-state index contributed by atoms with van der Waals surface area (Å²) in [6, 6.07) is 0. The quantitative estimate of drug-likeness (QED) is 0.765. The lowest BCUT2D eigenvalue weighted by Gasteiger charge is -2.35. The minimum absolute atomic E-state index is 0.0657. The van der Waals surface area contributed by atoms with Crippen LogP contribution in [0.1, 0.15) is 53.9 Å². The van der Waals surface area contributed by atoms with Crippen molar-refractivity contribution in [1.29, 1.82) is 0 Å². The predicted molar refractivity (Wildman–Crippen MR) is 87.5 cm³/mol. The molecule has 0 radical (unpaired) electrons. The highest BCUT2D eigenvalue weighted by molar-refractivity contribution is 5.83. The molecular formula is C17H32N2O3. The van der Waals surface area contributed by atoms with Crippen LogP contribution in [0.4, 0.5) is 0 Å². The second-order valence-corrected chi connectivity index (χ2v) is 7.40. The molecule has 0 spiro atoms. The summed E-state index contributed by atoms with van der Waals surface area (Å²) in [5, 5.41) is 2.97. The first-order chi connectivity index (χ1) is 10.2. The van der Waals surface area contributed by atoms with E-state index in [0.717, 1.165) is 25.8 Å². The first-order valence-corrected chi connectivity index (χ1v) is 8.40. The molecule has 1 aliphatic heterocycles. The van der Waals surface area contributed by atoms with Gasteiger partial charge in [0.1, 0.15) is 0 Å². The highest BCUT2D eigenvalue weighted by Gasteiger charge is 2.33. The van der Waals surface area contributed by atoms with Gasteiger partial charge in [0.05, 0.1) is 12.0 Å². The second kappa shape index (κ2) is 8.51. The van der Waals surface area contributed by atoms with E-state index in [0.29, 0.717) is 19.7 Å². The standard InChI is InChI=1S/C17H32N2O3/c1-13(2)22-11-7-9-18-15(20)14-8-6-10-19(12-14)16(21)17(3,4)5/h13-14H,6-12H2,1-5H3,(H,18,20). The topological polar surface area (TPSA) is 58.6 Å². The molecule has 1 aliphatic rings. The zero-order valence-electron chi connectivity index (χ0n) is 14.8. The Morgan fingerprint density at radius 3 is 2.59 bits per heavy atom. The van der Waals surface area contributed by atoms with Gasteiger partial charge in [-0.3, -0.25) is 9.59 Å². The number of hydrogen-bond donors (Lipinski definition) is 1. The van der Waals surface area contributed by atoms with E-state index in [1.807, 2.05) is 39.5 Å². The van der Waals surface area contributed by atoms with Crippen LogP contribution in [0.2, 0.25) is 0 Å². The van der Waals surface area contributed by atoms with Crippen molar-refractivity contribution in [2.75, 3.05) is 26.2 Å². The molecular weight excluding hydrogens is 280 g/mol. The Balaban J connectivity index is 2.35. The Bertz CT molecular complexity index is 375. The van der Waals surface area contributed by atoms with Crippen LogP contribution >= 0.6 is 0 Å². The first kappa shape index (κ1) is 18.9. The number of piperidine rings is 1. The summed E-state index contributed by atoms with van der Waals surface area (Å²) in [6.45, 7) is 12.4. The smallest absolute Gasteiger partial charge is 0.227 e. The Morgan fingerprint density at radius 2 is 2.00 bits per heavy atom. The minimum Gasteiger partial charge on any atom is -0.379 e. The van der Waals surface area contributed by atoms with Crippen LogP contribution in [0.3, 0.4) is 0 Å². The number of nitrogens with one attached hydrogen (secondary N) is 1. The number of nitrogens with zero attached hydrogens (tertiary/aromatic N) is 1. The Hall–Kier alpha value is -1.10. The number of ether oxygens (including phenoxy) is 1. The molecule has 22 heavy (non-hydrogen) atoms. The SMILES string of the molecule is CC(C)OCCCNC(=O)C1CCCN(C(=O)C(C)(C)C)C1. The largest absolute Gasteiger partial charge is 0.379 e. The molecule has 5 nitrogen and oxygen atoms in total. The summed E-state index contributed by atoms with van der Waals surface area (Å²) in [5.41, 5.74) is -0.382. The van der Waals surface area contributed by atoms with Crippen LogP contribution in [-0.4, -0.2) is 49.1 Å². The van der Waals surface area contributed by atoms with Gasteiger partial charge in [0.15, 0.2) is 0 Å². The third-order valence-electron chi connectivity index (χ3n) is 3.79. The van der Waals surface area contributed by atoms with E-state index in [1.54, 1.807) is 0 Å². The van der Waals surface area contributed by atoms with Gasteiger partial charge in [0, 0.05) is 31.7 Å². The number of likely N-dealkylation sites (tertiary alicyclic amines) is 1. The lowest BCUT2D eigenvalue weighted by molar-refractivity contribution is -0.142. The first-order valence-electron chi connectivity index (χ1n) is 8.40. The normalized spacial score (nSPS) is 19.4. The van der Waals surface area contributed by atoms with Gasteiger partial charge < -0.3 is 15.0 Å². The Labute approximate surface area is 134 Å². The molecule has 1 unspecified atom stereocenters. The third kappa shape index (κ3) is 6.34. The minimum atomic E-state index is -0.382. The summed E-state index contributed by atoms with van der Waals surface area (Å²) in [7, 11) is 0. The maximum atomic E-state index is 12.3. The zero-order valence-corrected chi connectivity index (χ0v) is 14.8. The van der Waals surface area contributed by atoms with Crippen molar-refractivity contribution in [3.05, 3.63) is 0 Å². The van der Waals surface area contributed by atoms with E-state index in [2.05, 4.69) is 5.32 Å². The van der Waals surface area contributed by atoms with Crippen LogP contribution in [-0.2, 0) is 14.3 Å². The lowest BCUT2D eigenvalue weighted by atomic mass is 9.91. The summed E-state index contributed by atoms with van der Waals surface area (Å²) < 4.78 is 5.45. The molecule has 1 atom stereocenters. The average Bonchev–Trinajstić information content (AvgIpc) is 2.44. The van der Waals surface area contributed by atoms with Gasteiger partial charge in [0.2, 0.25) is 11.8 Å². The number of hydrogen-bond acceptors (Lipinski definition) is 3. The molecule has 128 valence electrons. The van der Waals surface area contributed by atoms with Crippen LogP contribution in [0.15, 0.2) is 0 Å². The maximum Gasteiger partial charge on any atom is 0.227 e. The van der Waals surface area contributed by atoms with Gasteiger partial charge in [0.25, 0.3) is 0 Å². The van der Waals surface area contributed by atoms with Crippen molar-refractivity contribution in [2.45, 2.75) is 60.0 Å². The molecule has 0 aliphatic carbocycles. The van der Waals surface area contributed by atoms with Gasteiger partial charge in [-0.1, -0.05) is 20.8 Å². The molecule has 0 saturated carbocycles. The van der Waals surface area contributed by atoms with Gasteiger partial charge in [-0.25, -0.2) is 0 Å². The van der Waals surface area contributed by atoms with Crippen molar-refractivity contribution in [1.82, 2.24) is 10.2 Å². The third-order valence-corrected chi connectivity index (χ3v) is 3.79. The van der Waals surface area contributed by atoms with Crippen molar-refractivity contribution in [3.63, 3.8) is 0 Å². The Kier molecular flexibility index (Phi) is 7.33. The maximum absolute atomic E-state index is 12.3. The molecule has 1 fully saturated rings. The number of rotatable bonds is 6. The molecule has 0 aromatic heterocycles. The van der Waals surface area contributed by atoms with Crippen LogP contribution in [0.25, 0.3) is 0 Å². The van der Waals surface area contributed by atoms with Crippen LogP contribution in [0.5, 0.6) is 0 Å².